The van der Waals surface area contributed by atoms with Crippen molar-refractivity contribution in [1.82, 2.24) is 0 Å². The highest BCUT2D eigenvalue weighted by Crippen LogP contribution is 2.50. The number of aryl methyl sites for hydroxylation is 3. The summed E-state index contributed by atoms with van der Waals surface area (Å²) in [6.45, 7) is 11.1. The van der Waals surface area contributed by atoms with Gasteiger partial charge in [-0.2, -0.15) is 0 Å². The van der Waals surface area contributed by atoms with Crippen LogP contribution in [0.4, 0.5) is 0 Å². The summed E-state index contributed by atoms with van der Waals surface area (Å²) >= 11 is 3.74. The maximum Gasteiger partial charge on any atom is 0.0268 e. The van der Waals surface area contributed by atoms with Crippen molar-refractivity contribution < 1.29 is 0 Å². The van der Waals surface area contributed by atoms with Gasteiger partial charge in [-0.25, -0.2) is 0 Å². The van der Waals surface area contributed by atoms with Gasteiger partial charge in [0.15, 0.2) is 0 Å². The fraction of sp³-hybridized carbons (Fsp3) is 0.184. The lowest BCUT2D eigenvalue weighted by atomic mass is 9.80. The molecule has 9 rings (SSSR count). The smallest absolute Gasteiger partial charge is 0.0268 e. The first-order chi connectivity index (χ1) is 24.8. The first-order valence-corrected chi connectivity index (χ1v) is 19.7. The maximum absolute atomic E-state index is 2.34. The molecule has 2 heteroatoms. The molecule has 0 amide bonds. The van der Waals surface area contributed by atoms with Gasteiger partial charge in [0.25, 0.3) is 0 Å². The fourth-order valence-electron chi connectivity index (χ4n) is 6.99. The molecule has 0 unspecified atom stereocenters. The Labute approximate surface area is 313 Å². The van der Waals surface area contributed by atoms with E-state index in [1.54, 1.807) is 0 Å². The van der Waals surface area contributed by atoms with E-state index in [0.29, 0.717) is 0 Å². The molecule has 0 nitrogen and oxygen atoms in total. The second kappa shape index (κ2) is 15.4. The average molecular weight is 699 g/mol. The van der Waals surface area contributed by atoms with Crippen LogP contribution in [0.3, 0.4) is 0 Å². The number of benzene rings is 5. The Morgan fingerprint density at radius 2 is 1.12 bits per heavy atom. The maximum atomic E-state index is 2.34. The van der Waals surface area contributed by atoms with Gasteiger partial charge in [-0.1, -0.05) is 182 Å². The molecule has 51 heavy (non-hydrogen) atoms. The van der Waals surface area contributed by atoms with Gasteiger partial charge in [0.05, 0.1) is 0 Å². The van der Waals surface area contributed by atoms with Crippen LogP contribution in [0.5, 0.6) is 0 Å². The van der Waals surface area contributed by atoms with Crippen LogP contribution < -0.4 is 0 Å². The van der Waals surface area contributed by atoms with Crippen molar-refractivity contribution in [2.45, 2.75) is 78.9 Å². The molecule has 3 aliphatic carbocycles. The van der Waals surface area contributed by atoms with Crippen LogP contribution >= 0.6 is 23.5 Å². The van der Waals surface area contributed by atoms with Crippen LogP contribution in [0.1, 0.15) is 66.5 Å². The first kappa shape index (κ1) is 34.9. The van der Waals surface area contributed by atoms with Crippen molar-refractivity contribution in [1.29, 1.82) is 0 Å². The zero-order valence-electron chi connectivity index (χ0n) is 30.4. The predicted molar refractivity (Wildman–Crippen MR) is 223 cm³/mol. The lowest BCUT2D eigenvalue weighted by molar-refractivity contribution is 0.653. The number of rotatable bonds is 2. The molecular weight excluding hydrogens is 653 g/mol. The minimum atomic E-state index is 0.141. The second-order valence-electron chi connectivity index (χ2n) is 14.2. The molecule has 254 valence electrons. The van der Waals surface area contributed by atoms with Gasteiger partial charge in [0, 0.05) is 25.0 Å². The summed E-state index contributed by atoms with van der Waals surface area (Å²) in [4.78, 5) is 5.43. The normalized spacial score (nSPS) is 15.9. The number of hydrogen-bond donors (Lipinski definition) is 0. The molecule has 0 fully saturated rings. The molecule has 5 aromatic rings. The van der Waals surface area contributed by atoms with Crippen LogP contribution in [-0.2, 0) is 5.41 Å². The number of fused-ring (bicyclic) bond motifs is 4. The standard InChI is InChI=1S/C19H14S2.C17H18.C13H14/c1-13-6-8-14(9-7-13)15-10-11-18-19(12-15)21-17-5-3-2-4-16(17)20-18;1-12-9-10-14-13-7-5-4-6-8-15(13)17(2,3)16(14)11-12;1-11-7-9-13(10-8-11)12-5-3-2-4-6-12/h2-12H,1H3;5-11H,4H2,1-3H3;3,5-10H,2,4H2,1H3. The third-order valence-corrected chi connectivity index (χ3v) is 12.5. The summed E-state index contributed by atoms with van der Waals surface area (Å²) < 4.78 is 0. The van der Waals surface area contributed by atoms with E-state index in [2.05, 4.69) is 186 Å². The molecule has 0 saturated heterocycles. The van der Waals surface area contributed by atoms with Crippen LogP contribution in [0.15, 0.2) is 177 Å². The molecule has 1 heterocycles. The summed E-state index contributed by atoms with van der Waals surface area (Å²) in [5, 5.41) is 0. The van der Waals surface area contributed by atoms with E-state index in [1.165, 1.54) is 93.7 Å². The van der Waals surface area contributed by atoms with Crippen molar-refractivity contribution in [2.24, 2.45) is 0 Å². The summed E-state index contributed by atoms with van der Waals surface area (Å²) in [6.07, 6.45) is 19.3. The SMILES string of the molecule is Cc1ccc(-c2ccc3c(c2)Sc2ccccc2S3)cc1.Cc1ccc(C2=CCCC=C2)cc1.Cc1ccc2c(c1)C(C)(C)C1=C2C=CCC=C1. The molecule has 0 atom stereocenters. The number of allylic oxidation sites excluding steroid dienone is 10. The van der Waals surface area contributed by atoms with Crippen molar-refractivity contribution in [3.8, 4) is 11.1 Å². The largest absolute Gasteiger partial charge is 0.0877 e. The predicted octanol–water partition coefficient (Wildman–Crippen LogP) is 14.6. The molecule has 0 bridgehead atoms. The molecular formula is C49H46S2. The van der Waals surface area contributed by atoms with Gasteiger partial charge in [-0.15, -0.1) is 0 Å². The van der Waals surface area contributed by atoms with Crippen molar-refractivity contribution in [3.05, 3.63) is 191 Å². The van der Waals surface area contributed by atoms with Gasteiger partial charge in [0.2, 0.25) is 0 Å². The van der Waals surface area contributed by atoms with Crippen LogP contribution in [0, 0.1) is 20.8 Å². The van der Waals surface area contributed by atoms with Gasteiger partial charge in [-0.3, -0.25) is 0 Å². The summed E-state index contributed by atoms with van der Waals surface area (Å²) in [6, 6.07) is 39.7. The van der Waals surface area contributed by atoms with Crippen LogP contribution in [0.2, 0.25) is 0 Å². The monoisotopic (exact) mass is 698 g/mol. The molecule has 5 aromatic carbocycles. The zero-order chi connectivity index (χ0) is 35.4. The third kappa shape index (κ3) is 7.88. The van der Waals surface area contributed by atoms with E-state index < -0.39 is 0 Å². The quantitative estimate of drug-likeness (QED) is 0.177. The highest BCUT2D eigenvalue weighted by molar-refractivity contribution is 8.05. The molecule has 1 aliphatic heterocycles. The zero-order valence-corrected chi connectivity index (χ0v) is 32.0. The van der Waals surface area contributed by atoms with E-state index in [-0.39, 0.29) is 5.41 Å². The fourth-order valence-corrected chi connectivity index (χ4v) is 9.25. The Morgan fingerprint density at radius 3 is 1.80 bits per heavy atom. The van der Waals surface area contributed by atoms with E-state index in [4.69, 9.17) is 0 Å². The molecule has 0 aromatic heterocycles. The van der Waals surface area contributed by atoms with Crippen LogP contribution in [-0.4, -0.2) is 0 Å². The number of hydrogen-bond acceptors (Lipinski definition) is 2. The lowest BCUT2D eigenvalue weighted by Gasteiger charge is -2.23. The highest BCUT2D eigenvalue weighted by Gasteiger charge is 2.35. The van der Waals surface area contributed by atoms with Crippen LogP contribution in [0.25, 0.3) is 22.3 Å². The van der Waals surface area contributed by atoms with Gasteiger partial charge in [-0.05, 0) is 109 Å². The lowest BCUT2D eigenvalue weighted by Crippen LogP contribution is -2.16. The Hall–Kier alpha value is -4.50. The van der Waals surface area contributed by atoms with Gasteiger partial charge in [0.1, 0.15) is 0 Å². The first-order valence-electron chi connectivity index (χ1n) is 18.1. The molecule has 0 saturated carbocycles. The Morgan fingerprint density at radius 1 is 0.510 bits per heavy atom. The Balaban J connectivity index is 0.000000123. The van der Waals surface area contributed by atoms with Crippen molar-refractivity contribution in [2.75, 3.05) is 0 Å². The van der Waals surface area contributed by atoms with E-state index in [1.807, 2.05) is 23.5 Å². The minimum absolute atomic E-state index is 0.141. The molecule has 0 radical (unpaired) electrons. The minimum Gasteiger partial charge on any atom is -0.0877 e. The molecule has 0 N–H and O–H groups in total. The highest BCUT2D eigenvalue weighted by atomic mass is 32.2. The second-order valence-corrected chi connectivity index (χ2v) is 16.4. The molecule has 0 spiro atoms. The Kier molecular flexibility index (Phi) is 10.5. The third-order valence-electron chi connectivity index (χ3n) is 9.94. The Bertz CT molecular complexity index is 2200. The average Bonchev–Trinajstić information content (AvgIpc) is 3.30. The van der Waals surface area contributed by atoms with Crippen molar-refractivity contribution in [3.63, 3.8) is 0 Å². The van der Waals surface area contributed by atoms with E-state index in [0.717, 1.165) is 6.42 Å². The topological polar surface area (TPSA) is 0 Å². The van der Waals surface area contributed by atoms with Gasteiger partial charge < -0.3 is 0 Å². The van der Waals surface area contributed by atoms with Crippen molar-refractivity contribution >= 4 is 34.7 Å². The van der Waals surface area contributed by atoms with E-state index in [9.17, 15) is 0 Å². The molecule has 4 aliphatic rings. The summed E-state index contributed by atoms with van der Waals surface area (Å²) in [7, 11) is 0. The van der Waals surface area contributed by atoms with E-state index >= 15 is 0 Å². The summed E-state index contributed by atoms with van der Waals surface area (Å²) in [5.41, 5.74) is 15.2. The van der Waals surface area contributed by atoms with Gasteiger partial charge >= 0.3 is 0 Å². The summed E-state index contributed by atoms with van der Waals surface area (Å²) in [5.74, 6) is 0.